The van der Waals surface area contributed by atoms with Gasteiger partial charge in [-0.1, -0.05) is 53.2 Å². The van der Waals surface area contributed by atoms with Crippen LogP contribution in [0.25, 0.3) is 6.08 Å². The van der Waals surface area contributed by atoms with E-state index in [0.29, 0.717) is 20.5 Å². The van der Waals surface area contributed by atoms with Gasteiger partial charge in [0.25, 0.3) is 5.91 Å². The van der Waals surface area contributed by atoms with Gasteiger partial charge in [0, 0.05) is 28.7 Å². The number of hydrogen-bond donors (Lipinski definition) is 1. The number of halogens is 7. The molecule has 0 aromatic heterocycles. The Kier molecular flexibility index (Phi) is 8.80. The molecule has 5 nitrogen and oxygen atoms in total. The molecule has 3 aromatic rings. The average Bonchev–Trinajstić information content (AvgIpc) is 3.17. The van der Waals surface area contributed by atoms with Crippen molar-refractivity contribution in [3.8, 4) is 11.5 Å². The molecular formula is C25H13Cl2F5N2O3S2. The Morgan fingerprint density at radius 3 is 2.21 bits per heavy atom. The first kappa shape index (κ1) is 28.8. The molecule has 1 fully saturated rings. The summed E-state index contributed by atoms with van der Waals surface area (Å²) in [6.45, 7) is -0.0103. The Bertz CT molecular complexity index is 1510. The summed E-state index contributed by atoms with van der Waals surface area (Å²) in [5.41, 5.74) is 0.819. The van der Waals surface area contributed by atoms with Crippen molar-refractivity contribution >= 4 is 75.1 Å². The van der Waals surface area contributed by atoms with Gasteiger partial charge in [0.05, 0.1) is 4.91 Å². The van der Waals surface area contributed by atoms with Gasteiger partial charge in [-0.15, -0.1) is 0 Å². The van der Waals surface area contributed by atoms with Crippen molar-refractivity contribution in [2.45, 2.75) is 6.42 Å². The SMILES string of the molecule is O=C(CCN1C(=O)/C(=C/c2ccc(Cl)cc2Cl)SC1=S)Nc1ccc(Oc2c(F)c(F)c(F)c(F)c2F)cc1. The Labute approximate surface area is 237 Å². The zero-order valence-electron chi connectivity index (χ0n) is 19.2. The summed E-state index contributed by atoms with van der Waals surface area (Å²) in [7, 11) is 0. The number of thiocarbonyl (C=S) groups is 1. The Morgan fingerprint density at radius 1 is 0.974 bits per heavy atom. The van der Waals surface area contributed by atoms with Gasteiger partial charge in [-0.3, -0.25) is 14.5 Å². The average molecular weight is 619 g/mol. The summed E-state index contributed by atoms with van der Waals surface area (Å²) in [6.07, 6.45) is 1.46. The van der Waals surface area contributed by atoms with Gasteiger partial charge in [0.2, 0.25) is 40.7 Å². The number of hydrogen-bond acceptors (Lipinski definition) is 5. The second kappa shape index (κ2) is 11.9. The van der Waals surface area contributed by atoms with Crippen LogP contribution in [0.15, 0.2) is 47.4 Å². The third-order valence-electron chi connectivity index (χ3n) is 5.21. The second-order valence-corrected chi connectivity index (χ2v) is 10.3. The number of ether oxygens (including phenoxy) is 1. The van der Waals surface area contributed by atoms with Crippen molar-refractivity contribution < 1.29 is 36.3 Å². The lowest BCUT2D eigenvalue weighted by Crippen LogP contribution is -2.31. The molecule has 0 bridgehead atoms. The lowest BCUT2D eigenvalue weighted by molar-refractivity contribution is -0.122. The van der Waals surface area contributed by atoms with E-state index in [4.69, 9.17) is 40.2 Å². The predicted octanol–water partition coefficient (Wildman–Crippen LogP) is 7.71. The fourth-order valence-electron chi connectivity index (χ4n) is 3.29. The van der Waals surface area contributed by atoms with Crippen LogP contribution in [0.3, 0.4) is 0 Å². The first-order valence-electron chi connectivity index (χ1n) is 10.8. The molecule has 1 N–H and O–H groups in total. The topological polar surface area (TPSA) is 58.6 Å². The third-order valence-corrected chi connectivity index (χ3v) is 7.15. The fraction of sp³-hybridized carbons (Fsp3) is 0.0800. The van der Waals surface area contributed by atoms with Crippen molar-refractivity contribution in [1.82, 2.24) is 4.90 Å². The number of carbonyl (C=O) groups excluding carboxylic acids is 2. The summed E-state index contributed by atoms with van der Waals surface area (Å²) in [4.78, 5) is 26.8. The maximum atomic E-state index is 13.8. The van der Waals surface area contributed by atoms with Gasteiger partial charge in [-0.05, 0) is 48.0 Å². The minimum atomic E-state index is -2.30. The normalized spacial score (nSPS) is 14.3. The van der Waals surface area contributed by atoms with E-state index in [1.165, 1.54) is 23.1 Å². The number of carbonyl (C=O) groups is 2. The van der Waals surface area contributed by atoms with Crippen LogP contribution in [-0.4, -0.2) is 27.6 Å². The Balaban J connectivity index is 1.35. The van der Waals surface area contributed by atoms with E-state index in [1.807, 2.05) is 0 Å². The van der Waals surface area contributed by atoms with Crippen LogP contribution in [-0.2, 0) is 9.59 Å². The number of nitrogens with zero attached hydrogens (tertiary/aromatic N) is 1. The molecule has 0 spiro atoms. The van der Waals surface area contributed by atoms with Gasteiger partial charge >= 0.3 is 0 Å². The molecule has 1 saturated heterocycles. The van der Waals surface area contributed by atoms with E-state index >= 15 is 0 Å². The summed E-state index contributed by atoms with van der Waals surface area (Å²) in [5.74, 6) is -13.4. The molecule has 39 heavy (non-hydrogen) atoms. The van der Waals surface area contributed by atoms with E-state index in [1.54, 1.807) is 18.2 Å². The molecule has 0 radical (unpaired) electrons. The van der Waals surface area contributed by atoms with E-state index in [0.717, 1.165) is 23.9 Å². The highest BCUT2D eigenvalue weighted by atomic mass is 35.5. The summed E-state index contributed by atoms with van der Waals surface area (Å²) >= 11 is 18.4. The first-order valence-corrected chi connectivity index (χ1v) is 12.7. The standard InChI is InChI=1S/C25H13Cl2F5N2O3S2/c26-12-2-1-11(15(27)10-12)9-16-24(36)34(25(38)39-16)8-7-17(35)33-13-3-5-14(6-4-13)37-23-21(31)19(29)18(28)20(30)22(23)32/h1-6,9-10H,7-8H2,(H,33,35)/b16-9-. The van der Waals surface area contributed by atoms with Crippen molar-refractivity contribution in [3.63, 3.8) is 0 Å². The second-order valence-electron chi connectivity index (χ2n) is 7.82. The van der Waals surface area contributed by atoms with Gasteiger partial charge in [0.1, 0.15) is 10.1 Å². The van der Waals surface area contributed by atoms with Crippen LogP contribution in [0.1, 0.15) is 12.0 Å². The molecule has 1 heterocycles. The van der Waals surface area contributed by atoms with E-state index in [2.05, 4.69) is 5.32 Å². The Hall–Kier alpha value is -3.19. The molecule has 0 unspecified atom stereocenters. The first-order chi connectivity index (χ1) is 18.5. The monoisotopic (exact) mass is 618 g/mol. The highest BCUT2D eigenvalue weighted by Gasteiger charge is 2.32. The molecule has 1 aliphatic heterocycles. The molecule has 0 atom stereocenters. The minimum Gasteiger partial charge on any atom is -0.451 e. The number of amides is 2. The molecule has 2 amide bonds. The maximum Gasteiger partial charge on any atom is 0.266 e. The lowest BCUT2D eigenvalue weighted by Gasteiger charge is -2.14. The summed E-state index contributed by atoms with van der Waals surface area (Å²) in [6, 6.07) is 9.71. The fourth-order valence-corrected chi connectivity index (χ4v) is 5.05. The molecule has 4 rings (SSSR count). The van der Waals surface area contributed by atoms with E-state index in [9.17, 15) is 31.5 Å². The lowest BCUT2D eigenvalue weighted by atomic mass is 10.2. The van der Waals surface area contributed by atoms with Crippen molar-refractivity contribution in [2.75, 3.05) is 11.9 Å². The molecule has 1 aliphatic rings. The number of nitrogens with one attached hydrogen (secondary N) is 1. The van der Waals surface area contributed by atoms with Crippen LogP contribution in [0, 0.1) is 29.1 Å². The van der Waals surface area contributed by atoms with Crippen molar-refractivity contribution in [2.24, 2.45) is 0 Å². The van der Waals surface area contributed by atoms with Gasteiger partial charge in [-0.2, -0.15) is 8.78 Å². The highest BCUT2D eigenvalue weighted by molar-refractivity contribution is 8.26. The molecule has 3 aromatic carbocycles. The van der Waals surface area contributed by atoms with E-state index in [-0.39, 0.29) is 28.7 Å². The number of rotatable bonds is 7. The van der Waals surface area contributed by atoms with Crippen molar-refractivity contribution in [3.05, 3.63) is 92.1 Å². The van der Waals surface area contributed by atoms with Crippen LogP contribution >= 0.6 is 47.2 Å². The van der Waals surface area contributed by atoms with Gasteiger partial charge < -0.3 is 10.1 Å². The summed E-state index contributed by atoms with van der Waals surface area (Å²) < 4.78 is 72.6. The number of benzene rings is 3. The minimum absolute atomic E-state index is 0.0103. The predicted molar refractivity (Wildman–Crippen MR) is 142 cm³/mol. The van der Waals surface area contributed by atoms with Crippen LogP contribution in [0.5, 0.6) is 11.5 Å². The zero-order valence-corrected chi connectivity index (χ0v) is 22.3. The third kappa shape index (κ3) is 6.35. The number of thioether (sulfide) groups is 1. The molecule has 14 heteroatoms. The van der Waals surface area contributed by atoms with Crippen LogP contribution in [0.4, 0.5) is 27.6 Å². The Morgan fingerprint density at radius 2 is 1.59 bits per heavy atom. The molecule has 0 aliphatic carbocycles. The quantitative estimate of drug-likeness (QED) is 0.0966. The maximum absolute atomic E-state index is 13.8. The van der Waals surface area contributed by atoms with Crippen molar-refractivity contribution in [1.29, 1.82) is 0 Å². The van der Waals surface area contributed by atoms with Crippen LogP contribution < -0.4 is 10.1 Å². The highest BCUT2D eigenvalue weighted by Crippen LogP contribution is 2.35. The largest absolute Gasteiger partial charge is 0.451 e. The van der Waals surface area contributed by atoms with Gasteiger partial charge in [0.15, 0.2) is 0 Å². The smallest absolute Gasteiger partial charge is 0.266 e. The summed E-state index contributed by atoms with van der Waals surface area (Å²) in [5, 5.41) is 3.36. The van der Waals surface area contributed by atoms with E-state index < -0.39 is 46.6 Å². The number of anilines is 1. The van der Waals surface area contributed by atoms with Gasteiger partial charge in [-0.25, -0.2) is 13.2 Å². The molecule has 0 saturated carbocycles. The molecular weight excluding hydrogens is 606 g/mol. The van der Waals surface area contributed by atoms with Crippen LogP contribution in [0.2, 0.25) is 10.0 Å². The molecule has 202 valence electrons. The zero-order chi connectivity index (χ0) is 28.4.